The number of anilines is 1. The highest BCUT2D eigenvalue weighted by Gasteiger charge is 2.16. The zero-order chi connectivity index (χ0) is 15.2. The molecule has 1 fully saturated rings. The molecule has 3 N–H and O–H groups in total. The van der Waals surface area contributed by atoms with E-state index >= 15 is 0 Å². The molecule has 0 saturated heterocycles. The van der Waals surface area contributed by atoms with Crippen molar-refractivity contribution >= 4 is 23.2 Å². The average Bonchev–Trinajstić information content (AvgIpc) is 2.99. The van der Waals surface area contributed by atoms with Crippen molar-refractivity contribution in [3.05, 3.63) is 22.7 Å². The molecule has 0 heterocycles. The number of amides is 1. The maximum absolute atomic E-state index is 12.1. The van der Waals surface area contributed by atoms with E-state index in [2.05, 4.69) is 5.32 Å². The molecule has 0 atom stereocenters. The van der Waals surface area contributed by atoms with Gasteiger partial charge < -0.3 is 20.5 Å². The Hall–Kier alpha value is -1.46. The van der Waals surface area contributed by atoms with E-state index in [1.54, 1.807) is 6.07 Å². The third-order valence-corrected chi connectivity index (χ3v) is 3.93. The summed E-state index contributed by atoms with van der Waals surface area (Å²) in [5.41, 5.74) is 6.45. The number of hydrogen-bond donors (Lipinski definition) is 2. The summed E-state index contributed by atoms with van der Waals surface area (Å²) in [7, 11) is 1.49. The molecule has 116 valence electrons. The minimum Gasteiger partial charge on any atom is -0.496 e. The van der Waals surface area contributed by atoms with Crippen molar-refractivity contribution in [3.8, 4) is 5.75 Å². The van der Waals surface area contributed by atoms with Gasteiger partial charge in [-0.3, -0.25) is 4.79 Å². The van der Waals surface area contributed by atoms with E-state index in [-0.39, 0.29) is 5.91 Å². The Bertz CT molecular complexity index is 502. The summed E-state index contributed by atoms with van der Waals surface area (Å²) in [4.78, 5) is 12.1. The van der Waals surface area contributed by atoms with Gasteiger partial charge in [0.25, 0.3) is 5.91 Å². The lowest BCUT2D eigenvalue weighted by Crippen LogP contribution is -2.28. The van der Waals surface area contributed by atoms with E-state index in [0.717, 1.165) is 12.8 Å². The van der Waals surface area contributed by atoms with Gasteiger partial charge in [0.2, 0.25) is 0 Å². The van der Waals surface area contributed by atoms with Crippen LogP contribution < -0.4 is 15.8 Å². The van der Waals surface area contributed by atoms with Gasteiger partial charge in [0.05, 0.1) is 36.1 Å². The molecule has 0 radical (unpaired) electrons. The Morgan fingerprint density at radius 3 is 2.81 bits per heavy atom. The predicted octanol–water partition coefficient (Wildman–Crippen LogP) is 2.62. The van der Waals surface area contributed by atoms with Gasteiger partial charge in [-0.05, 0) is 18.9 Å². The maximum Gasteiger partial charge on any atom is 0.255 e. The number of methoxy groups -OCH3 is 1. The van der Waals surface area contributed by atoms with Crippen LogP contribution in [0.4, 0.5) is 5.69 Å². The van der Waals surface area contributed by atoms with E-state index in [1.165, 1.54) is 26.0 Å². The predicted molar refractivity (Wildman–Crippen MR) is 83.0 cm³/mol. The number of nitrogen functional groups attached to an aromatic ring is 1. The van der Waals surface area contributed by atoms with Crippen molar-refractivity contribution in [1.82, 2.24) is 5.32 Å². The second-order valence-corrected chi connectivity index (χ2v) is 5.51. The Kier molecular flexibility index (Phi) is 5.70. The number of rotatable bonds is 6. The lowest BCUT2D eigenvalue weighted by atomic mass is 10.1. The number of nitrogens with two attached hydrogens (primary N) is 1. The first-order valence-corrected chi connectivity index (χ1v) is 7.52. The number of benzene rings is 1. The van der Waals surface area contributed by atoms with Crippen LogP contribution in [0.25, 0.3) is 0 Å². The third-order valence-electron chi connectivity index (χ3n) is 3.61. The van der Waals surface area contributed by atoms with Crippen LogP contribution in [0.2, 0.25) is 5.02 Å². The number of halogens is 1. The van der Waals surface area contributed by atoms with Crippen molar-refractivity contribution in [3.63, 3.8) is 0 Å². The molecule has 5 nitrogen and oxygen atoms in total. The Labute approximate surface area is 129 Å². The summed E-state index contributed by atoms with van der Waals surface area (Å²) >= 11 is 5.95. The standard InChI is InChI=1S/C15H21ClN2O3/c1-20-14-9-13(17)12(16)8-11(14)15(19)18-6-7-21-10-4-2-3-5-10/h8-10H,2-7,17H2,1H3,(H,18,19). The summed E-state index contributed by atoms with van der Waals surface area (Å²) in [6.07, 6.45) is 5.06. The van der Waals surface area contributed by atoms with Gasteiger partial charge in [0.15, 0.2) is 0 Å². The molecule has 1 amide bonds. The zero-order valence-electron chi connectivity index (χ0n) is 12.2. The van der Waals surface area contributed by atoms with Gasteiger partial charge in [-0.2, -0.15) is 0 Å². The van der Waals surface area contributed by atoms with Gasteiger partial charge >= 0.3 is 0 Å². The van der Waals surface area contributed by atoms with Gasteiger partial charge in [-0.25, -0.2) is 0 Å². The number of carbonyl (C=O) groups excluding carboxylic acids is 1. The van der Waals surface area contributed by atoms with Gasteiger partial charge in [-0.15, -0.1) is 0 Å². The van der Waals surface area contributed by atoms with Crippen molar-refractivity contribution < 1.29 is 14.3 Å². The van der Waals surface area contributed by atoms with Crippen LogP contribution >= 0.6 is 11.6 Å². The molecule has 1 aromatic carbocycles. The molecule has 1 saturated carbocycles. The first kappa shape index (κ1) is 15.9. The van der Waals surface area contributed by atoms with Crippen molar-refractivity contribution in [2.24, 2.45) is 0 Å². The molecule has 1 aliphatic rings. The molecule has 0 aromatic heterocycles. The Balaban J connectivity index is 1.86. The summed E-state index contributed by atoms with van der Waals surface area (Å²) in [6, 6.07) is 3.06. The van der Waals surface area contributed by atoms with E-state index in [9.17, 15) is 4.79 Å². The monoisotopic (exact) mass is 312 g/mol. The number of carbonyl (C=O) groups is 1. The molecule has 0 bridgehead atoms. The minimum atomic E-state index is -0.247. The van der Waals surface area contributed by atoms with E-state index in [4.69, 9.17) is 26.8 Å². The van der Waals surface area contributed by atoms with E-state index in [0.29, 0.717) is 41.3 Å². The van der Waals surface area contributed by atoms with Crippen molar-refractivity contribution in [2.45, 2.75) is 31.8 Å². The lowest BCUT2D eigenvalue weighted by molar-refractivity contribution is 0.0581. The van der Waals surface area contributed by atoms with Crippen LogP contribution in [-0.4, -0.2) is 32.3 Å². The fourth-order valence-electron chi connectivity index (χ4n) is 2.46. The molecular formula is C15H21ClN2O3. The largest absolute Gasteiger partial charge is 0.496 e. The van der Waals surface area contributed by atoms with Crippen LogP contribution in [0.1, 0.15) is 36.0 Å². The summed E-state index contributed by atoms with van der Waals surface area (Å²) in [6.45, 7) is 0.974. The highest BCUT2D eigenvalue weighted by Crippen LogP contribution is 2.28. The molecular weight excluding hydrogens is 292 g/mol. The van der Waals surface area contributed by atoms with Crippen LogP contribution in [0.15, 0.2) is 12.1 Å². The normalized spacial score (nSPS) is 15.1. The highest BCUT2D eigenvalue weighted by molar-refractivity contribution is 6.33. The molecule has 21 heavy (non-hydrogen) atoms. The molecule has 0 spiro atoms. The highest BCUT2D eigenvalue weighted by atomic mass is 35.5. The Morgan fingerprint density at radius 2 is 2.14 bits per heavy atom. The fourth-order valence-corrected chi connectivity index (χ4v) is 2.62. The maximum atomic E-state index is 12.1. The molecule has 1 aromatic rings. The SMILES string of the molecule is COc1cc(N)c(Cl)cc1C(=O)NCCOC1CCCC1. The summed E-state index contributed by atoms with van der Waals surface area (Å²) < 4.78 is 10.9. The van der Waals surface area contributed by atoms with Crippen LogP contribution in [0, 0.1) is 0 Å². The molecule has 1 aliphatic carbocycles. The third kappa shape index (κ3) is 4.25. The van der Waals surface area contributed by atoms with Gasteiger partial charge in [0, 0.05) is 12.6 Å². The van der Waals surface area contributed by atoms with Crippen LogP contribution in [0.5, 0.6) is 5.75 Å². The van der Waals surface area contributed by atoms with Crippen molar-refractivity contribution in [1.29, 1.82) is 0 Å². The summed E-state index contributed by atoms with van der Waals surface area (Å²) in [5.74, 6) is 0.162. The lowest BCUT2D eigenvalue weighted by Gasteiger charge is -2.13. The molecule has 6 heteroatoms. The second kappa shape index (κ2) is 7.52. The smallest absolute Gasteiger partial charge is 0.255 e. The number of hydrogen-bond acceptors (Lipinski definition) is 4. The fraction of sp³-hybridized carbons (Fsp3) is 0.533. The number of nitrogens with one attached hydrogen (secondary N) is 1. The Morgan fingerprint density at radius 1 is 1.43 bits per heavy atom. The van der Waals surface area contributed by atoms with Gasteiger partial charge in [-0.1, -0.05) is 24.4 Å². The van der Waals surface area contributed by atoms with Gasteiger partial charge in [0.1, 0.15) is 5.75 Å². The van der Waals surface area contributed by atoms with E-state index in [1.807, 2.05) is 0 Å². The zero-order valence-corrected chi connectivity index (χ0v) is 12.9. The molecule has 0 aliphatic heterocycles. The van der Waals surface area contributed by atoms with E-state index < -0.39 is 0 Å². The quantitative estimate of drug-likeness (QED) is 0.625. The molecule has 2 rings (SSSR count). The molecule has 0 unspecified atom stereocenters. The summed E-state index contributed by atoms with van der Waals surface area (Å²) in [5, 5.41) is 3.14. The van der Waals surface area contributed by atoms with Crippen LogP contribution in [0.3, 0.4) is 0 Å². The second-order valence-electron chi connectivity index (χ2n) is 5.11. The first-order chi connectivity index (χ1) is 10.1. The number of ether oxygens (including phenoxy) is 2. The average molecular weight is 313 g/mol. The first-order valence-electron chi connectivity index (χ1n) is 7.14. The van der Waals surface area contributed by atoms with Crippen LogP contribution in [-0.2, 0) is 4.74 Å². The topological polar surface area (TPSA) is 73.6 Å². The minimum absolute atomic E-state index is 0.247. The van der Waals surface area contributed by atoms with Crippen molar-refractivity contribution in [2.75, 3.05) is 26.0 Å².